The van der Waals surface area contributed by atoms with Gasteiger partial charge >= 0.3 is 0 Å². The molecule has 1 N–H and O–H groups in total. The Labute approximate surface area is 141 Å². The Hall–Kier alpha value is -2.62. The van der Waals surface area contributed by atoms with Crippen molar-refractivity contribution in [1.82, 2.24) is 0 Å². The first-order valence-electron chi connectivity index (χ1n) is 8.55. The molecule has 4 heteroatoms. The van der Waals surface area contributed by atoms with E-state index in [1.807, 2.05) is 42.5 Å². The van der Waals surface area contributed by atoms with Crippen LogP contribution < -0.4 is 0 Å². The maximum atomic E-state index is 12.8. The molecule has 0 radical (unpaired) electrons. The largest absolute Gasteiger partial charge is 0.623 e. The third kappa shape index (κ3) is 2.58. The second kappa shape index (κ2) is 6.11. The Morgan fingerprint density at radius 3 is 2.08 bits per heavy atom. The fourth-order valence-corrected chi connectivity index (χ4v) is 3.80. The van der Waals surface area contributed by atoms with Crippen LogP contribution in [-0.2, 0) is 0 Å². The lowest BCUT2D eigenvalue weighted by molar-refractivity contribution is -0.819. The van der Waals surface area contributed by atoms with Crippen molar-refractivity contribution in [1.29, 1.82) is 0 Å². The predicted molar refractivity (Wildman–Crippen MR) is 93.8 cm³/mol. The van der Waals surface area contributed by atoms with Gasteiger partial charge in [-0.3, -0.25) is 5.21 Å². The summed E-state index contributed by atoms with van der Waals surface area (Å²) in [5.74, 6) is 0. The first-order chi connectivity index (χ1) is 11.7. The molecule has 4 rings (SSSR count). The summed E-state index contributed by atoms with van der Waals surface area (Å²) in [6.45, 7) is 0. The van der Waals surface area contributed by atoms with Gasteiger partial charge in [0.2, 0.25) is 6.04 Å². The van der Waals surface area contributed by atoms with Crippen LogP contribution in [0.1, 0.15) is 31.2 Å². The molecule has 1 aliphatic carbocycles. The van der Waals surface area contributed by atoms with Crippen LogP contribution in [0.25, 0.3) is 11.1 Å². The number of rotatable bonds is 2. The molecule has 2 aliphatic rings. The second-order valence-corrected chi connectivity index (χ2v) is 6.58. The molecule has 0 aromatic heterocycles. The zero-order chi connectivity index (χ0) is 16.5. The van der Waals surface area contributed by atoms with E-state index in [-0.39, 0.29) is 12.1 Å². The summed E-state index contributed by atoms with van der Waals surface area (Å²) < 4.78 is 2.35. The third-order valence-corrected chi connectivity index (χ3v) is 5.11. The van der Waals surface area contributed by atoms with E-state index >= 15 is 0 Å². The lowest BCUT2D eigenvalue weighted by Gasteiger charge is -2.28. The van der Waals surface area contributed by atoms with Crippen LogP contribution in [0, 0.1) is 5.21 Å². The first-order valence-corrected chi connectivity index (χ1v) is 8.55. The lowest BCUT2D eigenvalue weighted by atomic mass is 9.89. The van der Waals surface area contributed by atoms with E-state index < -0.39 is 0 Å². The minimum atomic E-state index is -0.155. The summed E-state index contributed by atoms with van der Waals surface area (Å²) in [7, 11) is 0. The summed E-state index contributed by atoms with van der Waals surface area (Å²) in [5, 5.41) is 23.0. The van der Waals surface area contributed by atoms with Crippen LogP contribution in [0.3, 0.4) is 0 Å². The maximum absolute atomic E-state index is 12.8. The van der Waals surface area contributed by atoms with Crippen LogP contribution in [0.2, 0.25) is 0 Å². The highest BCUT2D eigenvalue weighted by Crippen LogP contribution is 2.26. The fraction of sp³-hybridized carbons (Fsp3) is 0.300. The highest BCUT2D eigenvalue weighted by molar-refractivity contribution is 6.34. The van der Waals surface area contributed by atoms with Crippen molar-refractivity contribution < 1.29 is 14.7 Å². The predicted octanol–water partition coefficient (Wildman–Crippen LogP) is 3.45. The van der Waals surface area contributed by atoms with Gasteiger partial charge in [-0.15, -0.1) is 0 Å². The summed E-state index contributed by atoms with van der Waals surface area (Å²) in [4.78, 5) is 0. The van der Waals surface area contributed by atoms with Crippen molar-refractivity contribution >= 4 is 11.9 Å². The molecule has 2 atom stereocenters. The highest BCUT2D eigenvalue weighted by atomic mass is 16.5. The lowest BCUT2D eigenvalue weighted by Crippen LogP contribution is -2.51. The number of fused-ring (bicyclic) bond motifs is 1. The molecule has 0 saturated heterocycles. The zero-order valence-electron chi connectivity index (χ0n) is 13.5. The molecule has 0 amide bonds. The number of hydrogen-bond acceptors (Lipinski definition) is 2. The average molecular weight is 321 g/mol. The monoisotopic (exact) mass is 321 g/mol. The van der Waals surface area contributed by atoms with Gasteiger partial charge in [-0.1, -0.05) is 42.5 Å². The number of nitrogens with zero attached hydrogens (tertiary/aromatic N) is 2. The van der Waals surface area contributed by atoms with E-state index in [9.17, 15) is 10.4 Å². The molecule has 0 bridgehead atoms. The molecule has 1 saturated carbocycles. The normalized spacial score (nSPS) is 23.6. The topological polar surface area (TPSA) is 49.3 Å². The SMILES string of the molecule is [O-][N+]1=C(c2ccc(-c3ccccc3)cc2)C=[N+](O)[C@@H]2CCCC[C@@H]21. The summed E-state index contributed by atoms with van der Waals surface area (Å²) >= 11 is 0. The van der Waals surface area contributed by atoms with Crippen LogP contribution in [0.4, 0.5) is 0 Å². The van der Waals surface area contributed by atoms with Crippen molar-refractivity contribution in [2.24, 2.45) is 0 Å². The van der Waals surface area contributed by atoms with Crippen molar-refractivity contribution in [2.45, 2.75) is 37.8 Å². The van der Waals surface area contributed by atoms with Gasteiger partial charge in [-0.2, -0.15) is 4.74 Å². The molecule has 4 nitrogen and oxygen atoms in total. The average Bonchev–Trinajstić information content (AvgIpc) is 2.66. The van der Waals surface area contributed by atoms with Crippen molar-refractivity contribution in [3.8, 4) is 11.1 Å². The van der Waals surface area contributed by atoms with E-state index in [1.165, 1.54) is 4.74 Å². The fourth-order valence-electron chi connectivity index (χ4n) is 3.80. The summed E-state index contributed by atoms with van der Waals surface area (Å²) in [6.07, 6.45) is 5.41. The van der Waals surface area contributed by atoms with E-state index in [4.69, 9.17) is 0 Å². The number of hydrogen-bond donors (Lipinski definition) is 1. The molecule has 1 fully saturated rings. The van der Waals surface area contributed by atoms with Gasteiger partial charge in [0.05, 0.1) is 5.56 Å². The Morgan fingerprint density at radius 1 is 0.792 bits per heavy atom. The Balaban J connectivity index is 1.68. The standard InChI is InChI=1S/C20H21N2O2/c23-21-14-20(22(24)19-9-5-4-8-18(19)21)17-12-10-16(11-13-17)15-6-2-1-3-7-15/h1-3,6-7,10-14,18-19,23H,4-5,8-9H2/q+1/t18-,19+/m1/s1. The maximum Gasteiger partial charge on any atom is 0.288 e. The molecule has 2 aromatic rings. The van der Waals surface area contributed by atoms with Crippen LogP contribution in [0.15, 0.2) is 54.6 Å². The van der Waals surface area contributed by atoms with Gasteiger partial charge in [0.1, 0.15) is 0 Å². The van der Waals surface area contributed by atoms with Crippen molar-refractivity contribution in [2.75, 3.05) is 0 Å². The van der Waals surface area contributed by atoms with E-state index in [0.717, 1.165) is 47.1 Å². The highest BCUT2D eigenvalue weighted by Gasteiger charge is 2.45. The second-order valence-electron chi connectivity index (χ2n) is 6.58. The molecular weight excluding hydrogens is 300 g/mol. The van der Waals surface area contributed by atoms with Gasteiger partial charge in [-0.05, 0) is 40.8 Å². The van der Waals surface area contributed by atoms with Crippen molar-refractivity contribution in [3.05, 3.63) is 65.4 Å². The van der Waals surface area contributed by atoms with Crippen LogP contribution >= 0.6 is 0 Å². The van der Waals surface area contributed by atoms with Crippen LogP contribution in [0.5, 0.6) is 0 Å². The Bertz CT molecular complexity index is 794. The summed E-state index contributed by atoms with van der Waals surface area (Å²) in [5.41, 5.74) is 3.65. The van der Waals surface area contributed by atoms with Crippen LogP contribution in [-0.4, -0.2) is 38.7 Å². The zero-order valence-corrected chi connectivity index (χ0v) is 13.5. The van der Waals surface area contributed by atoms with E-state index in [2.05, 4.69) is 12.1 Å². The van der Waals surface area contributed by atoms with Gasteiger partial charge in [0.15, 0.2) is 0 Å². The van der Waals surface area contributed by atoms with Gasteiger partial charge in [0.25, 0.3) is 18.0 Å². The molecule has 1 heterocycles. The van der Waals surface area contributed by atoms with Gasteiger partial charge in [0, 0.05) is 12.8 Å². The van der Waals surface area contributed by atoms with Gasteiger partial charge < -0.3 is 5.21 Å². The van der Waals surface area contributed by atoms with Gasteiger partial charge in [-0.25, -0.2) is 0 Å². The molecule has 24 heavy (non-hydrogen) atoms. The molecule has 0 unspecified atom stereocenters. The molecule has 122 valence electrons. The quantitative estimate of drug-likeness (QED) is 0.523. The molecule has 1 aliphatic heterocycles. The van der Waals surface area contributed by atoms with Crippen molar-refractivity contribution in [3.63, 3.8) is 0 Å². The van der Waals surface area contributed by atoms with E-state index in [0.29, 0.717) is 5.71 Å². The summed E-state index contributed by atoms with van der Waals surface area (Å²) in [6, 6.07) is 17.9. The molecular formula is C20H21N2O2+. The smallest absolute Gasteiger partial charge is 0.288 e. The first kappa shape index (κ1) is 14.9. The number of hydroxylamine groups is 2. The minimum Gasteiger partial charge on any atom is -0.623 e. The van der Waals surface area contributed by atoms with E-state index in [1.54, 1.807) is 6.21 Å². The molecule has 0 spiro atoms. The Morgan fingerprint density at radius 2 is 1.38 bits per heavy atom. The third-order valence-electron chi connectivity index (χ3n) is 5.11. The minimum absolute atomic E-state index is 0.0800. The number of benzene rings is 2. The Kier molecular flexibility index (Phi) is 3.81. The molecule has 2 aromatic carbocycles.